The van der Waals surface area contributed by atoms with Crippen LogP contribution in [-0.2, 0) is 6.54 Å². The Morgan fingerprint density at radius 2 is 1.65 bits per heavy atom. The van der Waals surface area contributed by atoms with Crippen LogP contribution in [0.25, 0.3) is 0 Å². The summed E-state index contributed by atoms with van der Waals surface area (Å²) in [5.41, 5.74) is 1.49. The molecule has 0 fully saturated rings. The van der Waals surface area contributed by atoms with E-state index in [9.17, 15) is 9.18 Å². The van der Waals surface area contributed by atoms with Gasteiger partial charge in [0.15, 0.2) is 0 Å². The topological polar surface area (TPSA) is 29.1 Å². The molecule has 0 heterocycles. The first-order chi connectivity index (χ1) is 8.25. The molecule has 0 radical (unpaired) electrons. The predicted molar refractivity (Wildman–Crippen MR) is 64.0 cm³/mol. The molecule has 0 aliphatic heterocycles. The molecule has 0 spiro atoms. The van der Waals surface area contributed by atoms with E-state index in [-0.39, 0.29) is 11.7 Å². The van der Waals surface area contributed by atoms with Gasteiger partial charge in [0, 0.05) is 12.1 Å². The lowest BCUT2D eigenvalue weighted by Crippen LogP contribution is -2.22. The summed E-state index contributed by atoms with van der Waals surface area (Å²) in [6.45, 7) is 0.469. The summed E-state index contributed by atoms with van der Waals surface area (Å²) in [4.78, 5) is 11.7. The maximum atomic E-state index is 12.7. The van der Waals surface area contributed by atoms with Gasteiger partial charge in [-0.1, -0.05) is 30.3 Å². The highest BCUT2D eigenvalue weighted by atomic mass is 19.1. The molecule has 2 aromatic rings. The van der Waals surface area contributed by atoms with Gasteiger partial charge in [-0.2, -0.15) is 0 Å². The first kappa shape index (κ1) is 11.3. The Kier molecular flexibility index (Phi) is 3.50. The SMILES string of the molecule is O=C(NCc1ccccc1)c1ccc(F)cc1. The fourth-order valence-electron chi connectivity index (χ4n) is 1.48. The van der Waals surface area contributed by atoms with E-state index in [1.54, 1.807) is 0 Å². The van der Waals surface area contributed by atoms with Crippen molar-refractivity contribution in [3.05, 3.63) is 71.5 Å². The molecule has 0 saturated heterocycles. The van der Waals surface area contributed by atoms with E-state index in [1.165, 1.54) is 24.3 Å². The Labute approximate surface area is 99.1 Å². The van der Waals surface area contributed by atoms with Gasteiger partial charge in [-0.25, -0.2) is 4.39 Å². The van der Waals surface area contributed by atoms with Gasteiger partial charge in [-0.15, -0.1) is 0 Å². The summed E-state index contributed by atoms with van der Waals surface area (Å²) in [5.74, 6) is -0.543. The van der Waals surface area contributed by atoms with Crippen molar-refractivity contribution in [3.8, 4) is 0 Å². The number of carbonyl (C=O) groups is 1. The van der Waals surface area contributed by atoms with Crippen LogP contribution in [0.5, 0.6) is 0 Å². The van der Waals surface area contributed by atoms with Crippen molar-refractivity contribution in [1.29, 1.82) is 0 Å². The second-order valence-corrected chi connectivity index (χ2v) is 3.68. The monoisotopic (exact) mass is 229 g/mol. The molecule has 2 aromatic carbocycles. The lowest BCUT2D eigenvalue weighted by atomic mass is 10.2. The molecule has 2 rings (SSSR count). The molecule has 1 N–H and O–H groups in total. The van der Waals surface area contributed by atoms with E-state index in [4.69, 9.17) is 0 Å². The lowest BCUT2D eigenvalue weighted by molar-refractivity contribution is 0.0951. The molecule has 17 heavy (non-hydrogen) atoms. The molecular weight excluding hydrogens is 217 g/mol. The molecule has 1 amide bonds. The zero-order valence-electron chi connectivity index (χ0n) is 9.19. The van der Waals surface area contributed by atoms with E-state index in [2.05, 4.69) is 5.32 Å². The van der Waals surface area contributed by atoms with E-state index >= 15 is 0 Å². The summed E-state index contributed by atoms with van der Waals surface area (Å²) >= 11 is 0. The average Bonchev–Trinajstić information content (AvgIpc) is 2.38. The number of hydrogen-bond donors (Lipinski definition) is 1. The Bertz CT molecular complexity index is 493. The number of halogens is 1. The standard InChI is InChI=1S/C14H12FNO/c15-13-8-6-12(7-9-13)14(17)16-10-11-4-2-1-3-5-11/h1-9H,10H2,(H,16,17). The molecule has 0 bridgehead atoms. The smallest absolute Gasteiger partial charge is 0.251 e. The number of amides is 1. The van der Waals surface area contributed by atoms with Crippen molar-refractivity contribution in [3.63, 3.8) is 0 Å². The van der Waals surface area contributed by atoms with Crippen molar-refractivity contribution in [1.82, 2.24) is 5.32 Å². The molecular formula is C14H12FNO. The molecule has 3 heteroatoms. The number of hydrogen-bond acceptors (Lipinski definition) is 1. The molecule has 0 unspecified atom stereocenters. The summed E-state index contributed by atoms with van der Waals surface area (Å²) in [6, 6.07) is 15.1. The van der Waals surface area contributed by atoms with E-state index in [0.717, 1.165) is 5.56 Å². The average molecular weight is 229 g/mol. The second-order valence-electron chi connectivity index (χ2n) is 3.68. The van der Waals surface area contributed by atoms with Gasteiger partial charge in [0.2, 0.25) is 0 Å². The summed E-state index contributed by atoms with van der Waals surface area (Å²) in [5, 5.41) is 2.77. The highest BCUT2D eigenvalue weighted by Crippen LogP contribution is 2.03. The molecule has 0 atom stereocenters. The highest BCUT2D eigenvalue weighted by molar-refractivity contribution is 5.94. The first-order valence-corrected chi connectivity index (χ1v) is 5.33. The van der Waals surface area contributed by atoms with Crippen LogP contribution in [0.3, 0.4) is 0 Å². The number of rotatable bonds is 3. The second kappa shape index (κ2) is 5.25. The number of benzene rings is 2. The third-order valence-electron chi connectivity index (χ3n) is 2.40. The van der Waals surface area contributed by atoms with Crippen LogP contribution in [0, 0.1) is 5.82 Å². The Balaban J connectivity index is 1.96. The lowest BCUT2D eigenvalue weighted by Gasteiger charge is -2.05. The molecule has 86 valence electrons. The summed E-state index contributed by atoms with van der Waals surface area (Å²) in [7, 11) is 0. The van der Waals surface area contributed by atoms with Crippen LogP contribution in [-0.4, -0.2) is 5.91 Å². The van der Waals surface area contributed by atoms with Gasteiger partial charge < -0.3 is 5.32 Å². The van der Waals surface area contributed by atoms with Gasteiger partial charge in [-0.05, 0) is 29.8 Å². The Morgan fingerprint density at radius 1 is 1.00 bits per heavy atom. The fraction of sp³-hybridized carbons (Fsp3) is 0.0714. The van der Waals surface area contributed by atoms with Crippen molar-refractivity contribution in [2.24, 2.45) is 0 Å². The van der Waals surface area contributed by atoms with Crippen molar-refractivity contribution in [2.45, 2.75) is 6.54 Å². The maximum absolute atomic E-state index is 12.7. The van der Waals surface area contributed by atoms with Gasteiger partial charge in [0.25, 0.3) is 5.91 Å². The van der Waals surface area contributed by atoms with Gasteiger partial charge in [0.1, 0.15) is 5.82 Å². The van der Waals surface area contributed by atoms with Gasteiger partial charge >= 0.3 is 0 Å². The zero-order valence-corrected chi connectivity index (χ0v) is 9.19. The Hall–Kier alpha value is -2.16. The third kappa shape index (κ3) is 3.14. The van der Waals surface area contributed by atoms with Crippen LogP contribution in [0.2, 0.25) is 0 Å². The van der Waals surface area contributed by atoms with E-state index in [0.29, 0.717) is 12.1 Å². The fourth-order valence-corrected chi connectivity index (χ4v) is 1.48. The minimum absolute atomic E-state index is 0.200. The number of carbonyl (C=O) groups excluding carboxylic acids is 1. The van der Waals surface area contributed by atoms with Crippen molar-refractivity contribution < 1.29 is 9.18 Å². The molecule has 2 nitrogen and oxygen atoms in total. The van der Waals surface area contributed by atoms with E-state index < -0.39 is 0 Å². The van der Waals surface area contributed by atoms with Crippen LogP contribution in [0.15, 0.2) is 54.6 Å². The van der Waals surface area contributed by atoms with Crippen LogP contribution in [0.1, 0.15) is 15.9 Å². The quantitative estimate of drug-likeness (QED) is 0.861. The maximum Gasteiger partial charge on any atom is 0.251 e. The summed E-state index contributed by atoms with van der Waals surface area (Å²) < 4.78 is 12.7. The van der Waals surface area contributed by atoms with Crippen LogP contribution >= 0.6 is 0 Å². The molecule has 0 aliphatic carbocycles. The number of nitrogens with one attached hydrogen (secondary N) is 1. The van der Waals surface area contributed by atoms with Gasteiger partial charge in [0.05, 0.1) is 0 Å². The van der Waals surface area contributed by atoms with Crippen LogP contribution in [0.4, 0.5) is 4.39 Å². The van der Waals surface area contributed by atoms with Crippen LogP contribution < -0.4 is 5.32 Å². The van der Waals surface area contributed by atoms with Crippen molar-refractivity contribution in [2.75, 3.05) is 0 Å². The third-order valence-corrected chi connectivity index (χ3v) is 2.40. The normalized spacial score (nSPS) is 9.94. The highest BCUT2D eigenvalue weighted by Gasteiger charge is 2.04. The minimum atomic E-state index is -0.343. The van der Waals surface area contributed by atoms with Crippen molar-refractivity contribution >= 4 is 5.91 Å². The van der Waals surface area contributed by atoms with Gasteiger partial charge in [-0.3, -0.25) is 4.79 Å². The minimum Gasteiger partial charge on any atom is -0.348 e. The Morgan fingerprint density at radius 3 is 2.29 bits per heavy atom. The summed E-state index contributed by atoms with van der Waals surface area (Å²) in [6.07, 6.45) is 0. The predicted octanol–water partition coefficient (Wildman–Crippen LogP) is 2.76. The largest absolute Gasteiger partial charge is 0.348 e. The first-order valence-electron chi connectivity index (χ1n) is 5.33. The molecule has 0 aliphatic rings. The van der Waals surface area contributed by atoms with E-state index in [1.807, 2.05) is 30.3 Å². The zero-order chi connectivity index (χ0) is 12.1. The molecule has 0 aromatic heterocycles. The molecule has 0 saturated carbocycles.